The van der Waals surface area contributed by atoms with E-state index in [0.29, 0.717) is 12.6 Å². The second-order valence-electron chi connectivity index (χ2n) is 5.27. The first kappa shape index (κ1) is 20.4. The molecule has 1 heterocycles. The first-order valence-electron chi connectivity index (χ1n) is 7.56. The van der Waals surface area contributed by atoms with Crippen LogP contribution in [0.15, 0.2) is 36.5 Å². The Balaban J connectivity index is 1.77. The molecule has 0 spiro atoms. The van der Waals surface area contributed by atoms with Crippen LogP contribution in [0.2, 0.25) is 5.02 Å². The molecule has 1 aromatic heterocycles. The zero-order valence-corrected chi connectivity index (χ0v) is 14.4. The van der Waals surface area contributed by atoms with Crippen molar-refractivity contribution in [3.63, 3.8) is 0 Å². The average molecular weight is 404 g/mol. The summed E-state index contributed by atoms with van der Waals surface area (Å²) in [4.78, 5) is 25.4. The van der Waals surface area contributed by atoms with Crippen LogP contribution in [0.25, 0.3) is 0 Å². The number of ether oxygens (including phenoxy) is 1. The second kappa shape index (κ2) is 8.67. The van der Waals surface area contributed by atoms with Crippen LogP contribution < -0.4 is 10.1 Å². The summed E-state index contributed by atoms with van der Waals surface area (Å²) in [5.74, 6) is -0.554. The predicted molar refractivity (Wildman–Crippen MR) is 89.8 cm³/mol. The summed E-state index contributed by atoms with van der Waals surface area (Å²) >= 11 is 5.71. The van der Waals surface area contributed by atoms with Crippen molar-refractivity contribution in [1.82, 2.24) is 10.3 Å². The molecule has 0 aliphatic carbocycles. The number of pyridine rings is 1. The highest BCUT2D eigenvalue weighted by atomic mass is 35.5. The molecule has 2 rings (SSSR count). The van der Waals surface area contributed by atoms with Gasteiger partial charge in [0.05, 0.1) is 17.1 Å². The molecule has 0 atom stereocenters. The van der Waals surface area contributed by atoms with Crippen LogP contribution in [0.3, 0.4) is 0 Å². The van der Waals surface area contributed by atoms with Crippen LogP contribution in [0.1, 0.15) is 22.3 Å². The molecular weight excluding hydrogens is 391 g/mol. The van der Waals surface area contributed by atoms with Crippen LogP contribution in [0.4, 0.5) is 18.9 Å². The fourth-order valence-corrected chi connectivity index (χ4v) is 2.19. The highest BCUT2D eigenvalue weighted by Crippen LogP contribution is 2.33. The number of nitro benzene ring substituents is 1. The molecule has 2 aromatic rings. The van der Waals surface area contributed by atoms with E-state index >= 15 is 0 Å². The molecule has 1 N–H and O–H groups in total. The van der Waals surface area contributed by atoms with Crippen molar-refractivity contribution in [1.29, 1.82) is 0 Å². The fourth-order valence-electron chi connectivity index (χ4n) is 1.97. The van der Waals surface area contributed by atoms with Crippen molar-refractivity contribution in [3.05, 3.63) is 62.8 Å². The molecule has 0 unspecified atom stereocenters. The van der Waals surface area contributed by atoms with E-state index in [9.17, 15) is 28.1 Å². The van der Waals surface area contributed by atoms with Crippen molar-refractivity contribution in [2.75, 3.05) is 13.2 Å². The predicted octanol–water partition coefficient (Wildman–Crippen LogP) is 3.86. The lowest BCUT2D eigenvalue weighted by molar-refractivity contribution is -0.384. The Hall–Kier alpha value is -2.88. The van der Waals surface area contributed by atoms with Crippen molar-refractivity contribution >= 4 is 23.2 Å². The average Bonchev–Trinajstić information content (AvgIpc) is 2.61. The number of benzene rings is 1. The van der Waals surface area contributed by atoms with E-state index in [0.717, 1.165) is 6.07 Å². The van der Waals surface area contributed by atoms with Gasteiger partial charge in [-0.1, -0.05) is 11.6 Å². The van der Waals surface area contributed by atoms with E-state index in [1.165, 1.54) is 24.3 Å². The molecule has 0 bridgehead atoms. The van der Waals surface area contributed by atoms with Gasteiger partial charge in [0, 0.05) is 30.4 Å². The Morgan fingerprint density at radius 2 is 1.96 bits per heavy atom. The number of hydrogen-bond acceptors (Lipinski definition) is 5. The van der Waals surface area contributed by atoms with Crippen LogP contribution in [-0.4, -0.2) is 29.0 Å². The van der Waals surface area contributed by atoms with Gasteiger partial charge < -0.3 is 10.1 Å². The quantitative estimate of drug-likeness (QED) is 0.430. The lowest BCUT2D eigenvalue weighted by Crippen LogP contribution is -2.25. The number of nitro groups is 1. The smallest absolute Gasteiger partial charge is 0.417 e. The maximum atomic E-state index is 12.5. The molecule has 1 amide bonds. The van der Waals surface area contributed by atoms with Gasteiger partial charge in [0.15, 0.2) is 0 Å². The topological polar surface area (TPSA) is 94.4 Å². The van der Waals surface area contributed by atoms with Gasteiger partial charge in [-0.05, 0) is 24.6 Å². The largest absolute Gasteiger partial charge is 0.477 e. The number of amides is 1. The molecule has 1 aromatic carbocycles. The van der Waals surface area contributed by atoms with E-state index in [-0.39, 0.29) is 35.3 Å². The number of aromatic nitrogens is 1. The summed E-state index contributed by atoms with van der Waals surface area (Å²) in [5, 5.41) is 12.9. The Kier molecular flexibility index (Phi) is 6.56. The van der Waals surface area contributed by atoms with Gasteiger partial charge in [0.25, 0.3) is 11.6 Å². The molecule has 11 heteroatoms. The van der Waals surface area contributed by atoms with Crippen LogP contribution >= 0.6 is 11.6 Å². The molecule has 0 aliphatic rings. The molecule has 0 aliphatic heterocycles. The number of hydrogen-bond donors (Lipinski definition) is 1. The zero-order valence-electron chi connectivity index (χ0n) is 13.6. The Labute approximate surface area is 156 Å². The van der Waals surface area contributed by atoms with E-state index in [2.05, 4.69) is 10.3 Å². The van der Waals surface area contributed by atoms with Crippen molar-refractivity contribution in [3.8, 4) is 5.88 Å². The molecule has 144 valence electrons. The number of carbonyl (C=O) groups is 1. The minimum atomic E-state index is -4.54. The minimum absolute atomic E-state index is 0.0681. The third kappa shape index (κ3) is 5.81. The molecule has 0 saturated carbocycles. The summed E-state index contributed by atoms with van der Waals surface area (Å²) in [5.41, 5.74) is -0.843. The summed E-state index contributed by atoms with van der Waals surface area (Å²) in [6.07, 6.45) is -3.58. The molecule has 0 radical (unpaired) electrons. The molecule has 7 nitrogen and oxygen atoms in total. The van der Waals surface area contributed by atoms with E-state index in [4.69, 9.17) is 16.3 Å². The van der Waals surface area contributed by atoms with Crippen molar-refractivity contribution in [2.45, 2.75) is 12.6 Å². The zero-order chi connectivity index (χ0) is 20.0. The first-order chi connectivity index (χ1) is 12.7. The fraction of sp³-hybridized carbons (Fsp3) is 0.250. The van der Waals surface area contributed by atoms with Gasteiger partial charge in [-0.3, -0.25) is 14.9 Å². The Morgan fingerprint density at radius 1 is 1.30 bits per heavy atom. The second-order valence-corrected chi connectivity index (χ2v) is 5.68. The monoisotopic (exact) mass is 403 g/mol. The minimum Gasteiger partial charge on any atom is -0.477 e. The summed E-state index contributed by atoms with van der Waals surface area (Å²) < 4.78 is 42.7. The Morgan fingerprint density at radius 3 is 2.52 bits per heavy atom. The van der Waals surface area contributed by atoms with Gasteiger partial charge in [0.1, 0.15) is 5.02 Å². The normalized spacial score (nSPS) is 11.1. The third-order valence-corrected chi connectivity index (χ3v) is 3.59. The van der Waals surface area contributed by atoms with Gasteiger partial charge in [-0.2, -0.15) is 13.2 Å². The number of halogens is 4. The molecule has 0 saturated heterocycles. The van der Waals surface area contributed by atoms with E-state index in [1.807, 2.05) is 0 Å². The summed E-state index contributed by atoms with van der Waals surface area (Å²) in [6, 6.07) is 5.82. The lowest BCUT2D eigenvalue weighted by atomic mass is 10.2. The van der Waals surface area contributed by atoms with Crippen molar-refractivity contribution in [2.24, 2.45) is 0 Å². The standard InChI is InChI=1S/C16H13ClF3N3O4/c17-13-8-11(16(18,19)20)9-22-15(13)27-7-1-6-21-14(24)10-2-4-12(5-3-10)23(25)26/h2-5,8-9H,1,6-7H2,(H,21,24). The van der Waals surface area contributed by atoms with Gasteiger partial charge in [0.2, 0.25) is 5.88 Å². The Bertz CT molecular complexity index is 829. The summed E-state index contributed by atoms with van der Waals surface area (Å²) in [6.45, 7) is 0.284. The van der Waals surface area contributed by atoms with Gasteiger partial charge >= 0.3 is 6.18 Å². The van der Waals surface area contributed by atoms with Gasteiger partial charge in [-0.25, -0.2) is 4.98 Å². The number of nitrogens with zero attached hydrogens (tertiary/aromatic N) is 2. The van der Waals surface area contributed by atoms with Crippen LogP contribution in [-0.2, 0) is 6.18 Å². The lowest BCUT2D eigenvalue weighted by Gasteiger charge is -2.10. The SMILES string of the molecule is O=C(NCCCOc1ncc(C(F)(F)F)cc1Cl)c1ccc([N+](=O)[O-])cc1. The van der Waals surface area contributed by atoms with Crippen LogP contribution in [0.5, 0.6) is 5.88 Å². The first-order valence-corrected chi connectivity index (χ1v) is 7.94. The maximum Gasteiger partial charge on any atom is 0.417 e. The number of alkyl halides is 3. The number of nitrogens with one attached hydrogen (secondary N) is 1. The number of non-ortho nitro benzene ring substituents is 1. The molecule has 27 heavy (non-hydrogen) atoms. The number of rotatable bonds is 7. The molecular formula is C16H13ClF3N3O4. The van der Waals surface area contributed by atoms with Crippen LogP contribution in [0, 0.1) is 10.1 Å². The summed E-state index contributed by atoms with van der Waals surface area (Å²) in [7, 11) is 0. The third-order valence-electron chi connectivity index (χ3n) is 3.32. The van der Waals surface area contributed by atoms with E-state index < -0.39 is 22.6 Å². The highest BCUT2D eigenvalue weighted by Gasteiger charge is 2.31. The highest BCUT2D eigenvalue weighted by molar-refractivity contribution is 6.31. The maximum absolute atomic E-state index is 12.5. The molecule has 0 fully saturated rings. The van der Waals surface area contributed by atoms with Gasteiger partial charge in [-0.15, -0.1) is 0 Å². The van der Waals surface area contributed by atoms with Crippen molar-refractivity contribution < 1.29 is 27.6 Å². The number of carbonyl (C=O) groups excluding carboxylic acids is 1. The van der Waals surface area contributed by atoms with E-state index in [1.54, 1.807) is 0 Å².